The average Bonchev–Trinajstić information content (AvgIpc) is 2.94. The summed E-state index contributed by atoms with van der Waals surface area (Å²) in [6, 6.07) is 5.44. The van der Waals surface area contributed by atoms with Crippen molar-refractivity contribution in [2.45, 2.75) is 25.9 Å². The number of piperidine rings is 1. The first-order valence-electron chi connectivity index (χ1n) is 8.20. The summed E-state index contributed by atoms with van der Waals surface area (Å²) < 4.78 is 1.73. The number of aliphatic hydroxyl groups excluding tert-OH is 1. The molecule has 0 bridgehead atoms. The van der Waals surface area contributed by atoms with Gasteiger partial charge in [0, 0.05) is 26.3 Å². The lowest BCUT2D eigenvalue weighted by atomic mass is 9.89. The predicted octanol–water partition coefficient (Wildman–Crippen LogP) is 2.10. The molecule has 0 aliphatic carbocycles. The lowest BCUT2D eigenvalue weighted by Gasteiger charge is -2.34. The zero-order valence-electron chi connectivity index (χ0n) is 14.0. The standard InChI is InChI=1S/C17H23N5O2/c1-12-15(11-19-21(12)2)20-17(24)22-9-6-13(7-10-22)16(23)14-5-3-4-8-18-14/h3-5,8,11,13,16,23H,6-7,9-10H2,1-2H3,(H,20,24)/t16-/m1/s1. The number of hydrogen-bond acceptors (Lipinski definition) is 4. The number of aliphatic hydroxyl groups is 1. The van der Waals surface area contributed by atoms with Crippen LogP contribution in [-0.2, 0) is 7.05 Å². The van der Waals surface area contributed by atoms with Gasteiger partial charge in [-0.05, 0) is 37.8 Å². The lowest BCUT2D eigenvalue weighted by molar-refractivity contribution is 0.0652. The van der Waals surface area contributed by atoms with Crippen molar-refractivity contribution in [2.24, 2.45) is 13.0 Å². The number of likely N-dealkylation sites (tertiary alicyclic amines) is 1. The van der Waals surface area contributed by atoms with Gasteiger partial charge in [-0.3, -0.25) is 9.67 Å². The van der Waals surface area contributed by atoms with E-state index in [1.807, 2.05) is 32.2 Å². The molecule has 128 valence electrons. The molecule has 3 rings (SSSR count). The lowest BCUT2D eigenvalue weighted by Crippen LogP contribution is -2.42. The number of nitrogens with zero attached hydrogens (tertiary/aromatic N) is 4. The minimum atomic E-state index is -0.572. The highest BCUT2D eigenvalue weighted by Crippen LogP contribution is 2.29. The molecule has 0 unspecified atom stereocenters. The summed E-state index contributed by atoms with van der Waals surface area (Å²) in [5.74, 6) is 0.129. The van der Waals surface area contributed by atoms with Crippen LogP contribution in [0.3, 0.4) is 0 Å². The van der Waals surface area contributed by atoms with Crippen molar-refractivity contribution in [2.75, 3.05) is 18.4 Å². The third-order valence-corrected chi connectivity index (χ3v) is 4.74. The quantitative estimate of drug-likeness (QED) is 0.903. The van der Waals surface area contributed by atoms with Gasteiger partial charge in [0.2, 0.25) is 0 Å². The number of pyridine rings is 1. The van der Waals surface area contributed by atoms with Gasteiger partial charge in [-0.2, -0.15) is 5.10 Å². The number of aryl methyl sites for hydroxylation is 1. The van der Waals surface area contributed by atoms with E-state index in [1.165, 1.54) is 0 Å². The summed E-state index contributed by atoms with van der Waals surface area (Å²) in [6.45, 7) is 3.16. The molecule has 0 radical (unpaired) electrons. The number of urea groups is 1. The molecule has 3 heterocycles. The Morgan fingerprint density at radius 2 is 2.12 bits per heavy atom. The summed E-state index contributed by atoms with van der Waals surface area (Å²) >= 11 is 0. The highest BCUT2D eigenvalue weighted by atomic mass is 16.3. The SMILES string of the molecule is Cc1c(NC(=O)N2CCC([C@@H](O)c3ccccn3)CC2)cnn1C. The van der Waals surface area contributed by atoms with E-state index < -0.39 is 6.10 Å². The van der Waals surface area contributed by atoms with Crippen LogP contribution in [0.5, 0.6) is 0 Å². The Balaban J connectivity index is 1.55. The maximum Gasteiger partial charge on any atom is 0.321 e. The number of hydrogen-bond donors (Lipinski definition) is 2. The van der Waals surface area contributed by atoms with Gasteiger partial charge in [0.05, 0.1) is 29.4 Å². The topological polar surface area (TPSA) is 83.3 Å². The van der Waals surface area contributed by atoms with Crippen LogP contribution in [0.2, 0.25) is 0 Å². The van der Waals surface area contributed by atoms with Crippen molar-refractivity contribution in [3.63, 3.8) is 0 Å². The Morgan fingerprint density at radius 1 is 1.38 bits per heavy atom. The summed E-state index contributed by atoms with van der Waals surface area (Å²) in [4.78, 5) is 18.4. The minimum Gasteiger partial charge on any atom is -0.387 e. The normalized spacial score (nSPS) is 16.9. The number of aromatic nitrogens is 3. The van der Waals surface area contributed by atoms with Crippen LogP contribution in [0.15, 0.2) is 30.6 Å². The van der Waals surface area contributed by atoms with E-state index >= 15 is 0 Å². The molecule has 0 aromatic carbocycles. The maximum atomic E-state index is 12.4. The van der Waals surface area contributed by atoms with E-state index in [2.05, 4.69) is 15.4 Å². The van der Waals surface area contributed by atoms with E-state index in [9.17, 15) is 9.90 Å². The second-order valence-electron chi connectivity index (χ2n) is 6.22. The van der Waals surface area contributed by atoms with Crippen LogP contribution in [0.25, 0.3) is 0 Å². The van der Waals surface area contributed by atoms with E-state index in [0.717, 1.165) is 24.2 Å². The molecule has 1 atom stereocenters. The largest absolute Gasteiger partial charge is 0.387 e. The van der Waals surface area contributed by atoms with E-state index in [1.54, 1.807) is 22.0 Å². The number of amides is 2. The monoisotopic (exact) mass is 329 g/mol. The van der Waals surface area contributed by atoms with Crippen LogP contribution in [0, 0.1) is 12.8 Å². The van der Waals surface area contributed by atoms with Gasteiger partial charge in [0.1, 0.15) is 0 Å². The van der Waals surface area contributed by atoms with Crippen molar-refractivity contribution in [1.82, 2.24) is 19.7 Å². The summed E-state index contributed by atoms with van der Waals surface area (Å²) in [6.07, 6.45) is 4.30. The van der Waals surface area contributed by atoms with E-state index in [0.29, 0.717) is 18.8 Å². The Bertz CT molecular complexity index is 692. The zero-order valence-corrected chi connectivity index (χ0v) is 14.0. The van der Waals surface area contributed by atoms with Gasteiger partial charge >= 0.3 is 6.03 Å². The highest BCUT2D eigenvalue weighted by Gasteiger charge is 2.29. The van der Waals surface area contributed by atoms with Crippen LogP contribution in [-0.4, -0.2) is 43.9 Å². The van der Waals surface area contributed by atoms with Gasteiger partial charge in [-0.15, -0.1) is 0 Å². The average molecular weight is 329 g/mol. The molecule has 0 spiro atoms. The van der Waals surface area contributed by atoms with Crippen LogP contribution < -0.4 is 5.32 Å². The molecular weight excluding hydrogens is 306 g/mol. The van der Waals surface area contributed by atoms with Gasteiger partial charge in [-0.1, -0.05) is 6.07 Å². The minimum absolute atomic E-state index is 0.114. The first kappa shape index (κ1) is 16.4. The fraction of sp³-hybridized carbons (Fsp3) is 0.471. The van der Waals surface area contributed by atoms with Gasteiger partial charge in [0.25, 0.3) is 0 Å². The summed E-state index contributed by atoms with van der Waals surface area (Å²) in [5.41, 5.74) is 2.35. The van der Waals surface area contributed by atoms with Crippen molar-refractivity contribution in [3.8, 4) is 0 Å². The summed E-state index contributed by atoms with van der Waals surface area (Å²) in [5, 5.41) is 17.5. The fourth-order valence-electron chi connectivity index (χ4n) is 3.03. The molecule has 1 aliphatic rings. The first-order valence-corrected chi connectivity index (χ1v) is 8.20. The maximum absolute atomic E-state index is 12.4. The molecule has 0 saturated carbocycles. The molecule has 2 amide bonds. The van der Waals surface area contributed by atoms with Crippen LogP contribution in [0.4, 0.5) is 10.5 Å². The Morgan fingerprint density at radius 3 is 2.71 bits per heavy atom. The number of nitrogens with one attached hydrogen (secondary N) is 1. The highest BCUT2D eigenvalue weighted by molar-refractivity contribution is 5.89. The molecular formula is C17H23N5O2. The van der Waals surface area contributed by atoms with Crippen molar-refractivity contribution >= 4 is 11.7 Å². The van der Waals surface area contributed by atoms with Crippen LogP contribution in [0.1, 0.15) is 30.3 Å². The number of carbonyl (C=O) groups excluding carboxylic acids is 1. The summed E-state index contributed by atoms with van der Waals surface area (Å²) in [7, 11) is 1.84. The fourth-order valence-corrected chi connectivity index (χ4v) is 3.03. The van der Waals surface area contributed by atoms with Crippen molar-refractivity contribution < 1.29 is 9.90 Å². The molecule has 2 aromatic rings. The second-order valence-corrected chi connectivity index (χ2v) is 6.22. The molecule has 1 fully saturated rings. The molecule has 1 saturated heterocycles. The zero-order chi connectivity index (χ0) is 17.1. The number of anilines is 1. The molecule has 2 aromatic heterocycles. The van der Waals surface area contributed by atoms with Gasteiger partial charge < -0.3 is 15.3 Å². The third-order valence-electron chi connectivity index (χ3n) is 4.74. The molecule has 24 heavy (non-hydrogen) atoms. The Hall–Kier alpha value is -2.41. The number of carbonyl (C=O) groups is 1. The van der Waals surface area contributed by atoms with Gasteiger partial charge in [-0.25, -0.2) is 4.79 Å². The predicted molar refractivity (Wildman–Crippen MR) is 90.5 cm³/mol. The number of rotatable bonds is 3. The third kappa shape index (κ3) is 3.41. The Labute approximate surface area is 141 Å². The second kappa shape index (κ2) is 7.00. The molecule has 7 nitrogen and oxygen atoms in total. The van der Waals surface area contributed by atoms with Crippen molar-refractivity contribution in [3.05, 3.63) is 42.0 Å². The van der Waals surface area contributed by atoms with E-state index in [4.69, 9.17) is 0 Å². The molecule has 2 N–H and O–H groups in total. The van der Waals surface area contributed by atoms with Crippen molar-refractivity contribution in [1.29, 1.82) is 0 Å². The molecule has 1 aliphatic heterocycles. The molecule has 7 heteroatoms. The van der Waals surface area contributed by atoms with E-state index in [-0.39, 0.29) is 11.9 Å². The van der Waals surface area contributed by atoms with Gasteiger partial charge in [0.15, 0.2) is 0 Å². The van der Waals surface area contributed by atoms with Crippen LogP contribution >= 0.6 is 0 Å². The Kier molecular flexibility index (Phi) is 4.80. The smallest absolute Gasteiger partial charge is 0.321 e. The first-order chi connectivity index (χ1) is 11.6.